The fourth-order valence-corrected chi connectivity index (χ4v) is 2.51. The Bertz CT molecular complexity index is 477. The molecule has 18 heavy (non-hydrogen) atoms. The van der Waals surface area contributed by atoms with Gasteiger partial charge < -0.3 is 5.11 Å². The minimum absolute atomic E-state index is 0.629. The molecule has 0 radical (unpaired) electrons. The van der Waals surface area contributed by atoms with Gasteiger partial charge in [0.25, 0.3) is 0 Å². The lowest BCUT2D eigenvalue weighted by atomic mass is 9.85. The average molecular weight is 241 g/mol. The Balaban J connectivity index is 2.28. The number of hydrogen-bond acceptors (Lipinski definition) is 2. The number of aliphatic hydroxyl groups is 1. The molecular formula is C16H19NO. The maximum absolute atomic E-state index is 10.7. The largest absolute Gasteiger partial charge is 0.381 e. The van der Waals surface area contributed by atoms with Crippen molar-refractivity contribution in [2.75, 3.05) is 0 Å². The van der Waals surface area contributed by atoms with Crippen LogP contribution in [0.5, 0.6) is 0 Å². The molecule has 1 unspecified atom stereocenters. The summed E-state index contributed by atoms with van der Waals surface area (Å²) >= 11 is 0. The Labute approximate surface area is 109 Å². The summed E-state index contributed by atoms with van der Waals surface area (Å²) in [6.45, 7) is 1.85. The van der Waals surface area contributed by atoms with Crippen LogP contribution in [-0.2, 0) is 5.60 Å². The topological polar surface area (TPSA) is 44.0 Å². The van der Waals surface area contributed by atoms with Gasteiger partial charge in [-0.3, -0.25) is 0 Å². The van der Waals surface area contributed by atoms with Gasteiger partial charge in [-0.2, -0.15) is 5.26 Å². The maximum Gasteiger partial charge on any atom is 0.108 e. The van der Waals surface area contributed by atoms with Crippen molar-refractivity contribution < 1.29 is 5.11 Å². The molecule has 0 fully saturated rings. The summed E-state index contributed by atoms with van der Waals surface area (Å²) < 4.78 is 0. The number of benzene rings is 1. The van der Waals surface area contributed by atoms with E-state index in [1.807, 2.05) is 19.1 Å². The molecule has 1 aromatic carbocycles. The first-order valence-corrected chi connectivity index (χ1v) is 6.57. The second kappa shape index (κ2) is 5.37. The number of allylic oxidation sites excluding steroid dienone is 1. The van der Waals surface area contributed by atoms with Gasteiger partial charge in [-0.25, -0.2) is 0 Å². The van der Waals surface area contributed by atoms with Gasteiger partial charge in [0.2, 0.25) is 0 Å². The quantitative estimate of drug-likeness (QED) is 0.803. The molecule has 0 aliphatic heterocycles. The number of hydrogen-bond donors (Lipinski definition) is 1. The number of nitriles is 1. The molecule has 2 rings (SSSR count). The first-order chi connectivity index (χ1) is 8.64. The molecule has 0 spiro atoms. The van der Waals surface area contributed by atoms with E-state index in [1.54, 1.807) is 12.1 Å². The normalized spacial score (nSPS) is 19.3. The highest BCUT2D eigenvalue weighted by Crippen LogP contribution is 2.34. The predicted octanol–water partition coefficient (Wildman–Crippen LogP) is 3.66. The zero-order valence-electron chi connectivity index (χ0n) is 10.8. The van der Waals surface area contributed by atoms with Crippen molar-refractivity contribution in [3.8, 4) is 6.07 Å². The molecule has 0 amide bonds. The fraction of sp³-hybridized carbons (Fsp3) is 0.438. The molecule has 1 atom stereocenters. The van der Waals surface area contributed by atoms with Gasteiger partial charge in [0.1, 0.15) is 5.60 Å². The summed E-state index contributed by atoms with van der Waals surface area (Å²) in [5.74, 6) is 0. The smallest absolute Gasteiger partial charge is 0.108 e. The van der Waals surface area contributed by atoms with Crippen LogP contribution in [0.2, 0.25) is 0 Å². The Morgan fingerprint density at radius 3 is 2.56 bits per heavy atom. The molecule has 1 aromatic rings. The summed E-state index contributed by atoms with van der Waals surface area (Å²) in [6.07, 6.45) is 7.81. The van der Waals surface area contributed by atoms with E-state index in [0.717, 1.165) is 30.4 Å². The van der Waals surface area contributed by atoms with Crippen molar-refractivity contribution in [1.29, 1.82) is 5.26 Å². The second-order valence-corrected chi connectivity index (χ2v) is 5.09. The first-order valence-electron chi connectivity index (χ1n) is 6.57. The van der Waals surface area contributed by atoms with Gasteiger partial charge >= 0.3 is 0 Å². The fourth-order valence-electron chi connectivity index (χ4n) is 2.51. The molecule has 0 saturated carbocycles. The zero-order valence-corrected chi connectivity index (χ0v) is 10.8. The van der Waals surface area contributed by atoms with Crippen molar-refractivity contribution in [2.45, 2.75) is 44.6 Å². The molecule has 0 heterocycles. The van der Waals surface area contributed by atoms with Crippen LogP contribution >= 0.6 is 0 Å². The van der Waals surface area contributed by atoms with E-state index in [2.05, 4.69) is 12.1 Å². The Morgan fingerprint density at radius 2 is 1.89 bits per heavy atom. The summed E-state index contributed by atoms with van der Waals surface area (Å²) in [5, 5.41) is 19.5. The predicted molar refractivity (Wildman–Crippen MR) is 71.9 cm³/mol. The lowest BCUT2D eigenvalue weighted by Gasteiger charge is -2.27. The maximum atomic E-state index is 10.7. The van der Waals surface area contributed by atoms with E-state index in [4.69, 9.17) is 5.26 Å². The molecule has 2 nitrogen and oxygen atoms in total. The standard InChI is InChI=1S/C16H19NO/c1-16(18,14-6-4-2-3-5-7-14)15-10-8-13(12-17)9-11-15/h6,8-11,18H,2-5,7H2,1H3. The zero-order chi connectivity index (χ0) is 13.0. The van der Waals surface area contributed by atoms with Gasteiger partial charge in [-0.15, -0.1) is 0 Å². The summed E-state index contributed by atoms with van der Waals surface area (Å²) in [5.41, 5.74) is 1.71. The van der Waals surface area contributed by atoms with E-state index in [-0.39, 0.29) is 0 Å². The number of rotatable bonds is 2. The van der Waals surface area contributed by atoms with Crippen molar-refractivity contribution in [3.05, 3.63) is 47.0 Å². The van der Waals surface area contributed by atoms with E-state index >= 15 is 0 Å². The van der Waals surface area contributed by atoms with E-state index in [1.165, 1.54) is 12.8 Å². The Hall–Kier alpha value is -1.59. The Morgan fingerprint density at radius 1 is 1.17 bits per heavy atom. The monoisotopic (exact) mass is 241 g/mol. The van der Waals surface area contributed by atoms with Gasteiger partial charge in [0.15, 0.2) is 0 Å². The van der Waals surface area contributed by atoms with Crippen LogP contribution in [0.3, 0.4) is 0 Å². The molecule has 0 bridgehead atoms. The lowest BCUT2D eigenvalue weighted by Crippen LogP contribution is -2.24. The van der Waals surface area contributed by atoms with E-state index in [0.29, 0.717) is 5.56 Å². The molecule has 1 aliphatic carbocycles. The minimum Gasteiger partial charge on any atom is -0.381 e. The van der Waals surface area contributed by atoms with Gasteiger partial charge in [0, 0.05) is 0 Å². The SMILES string of the molecule is CC(O)(C1=CCCCCC1)c1ccc(C#N)cc1. The lowest BCUT2D eigenvalue weighted by molar-refractivity contribution is 0.0932. The molecule has 0 saturated heterocycles. The molecule has 1 N–H and O–H groups in total. The minimum atomic E-state index is -0.904. The van der Waals surface area contributed by atoms with Gasteiger partial charge in [-0.1, -0.05) is 24.6 Å². The van der Waals surface area contributed by atoms with Crippen molar-refractivity contribution in [1.82, 2.24) is 0 Å². The van der Waals surface area contributed by atoms with Crippen molar-refractivity contribution in [3.63, 3.8) is 0 Å². The molecule has 94 valence electrons. The highest BCUT2D eigenvalue weighted by atomic mass is 16.3. The summed E-state index contributed by atoms with van der Waals surface area (Å²) in [7, 11) is 0. The molecule has 0 aromatic heterocycles. The average Bonchev–Trinajstić information content (AvgIpc) is 2.68. The van der Waals surface area contributed by atoms with Crippen molar-refractivity contribution >= 4 is 0 Å². The van der Waals surface area contributed by atoms with E-state index < -0.39 is 5.60 Å². The van der Waals surface area contributed by atoms with E-state index in [9.17, 15) is 5.11 Å². The van der Waals surface area contributed by atoms with Gasteiger partial charge in [0.05, 0.1) is 11.6 Å². The van der Waals surface area contributed by atoms with Crippen LogP contribution in [0.15, 0.2) is 35.9 Å². The van der Waals surface area contributed by atoms with Gasteiger partial charge in [-0.05, 0) is 55.9 Å². The van der Waals surface area contributed by atoms with Crippen LogP contribution in [0.25, 0.3) is 0 Å². The summed E-state index contributed by atoms with van der Waals surface area (Å²) in [6, 6.07) is 9.33. The third-order valence-electron chi connectivity index (χ3n) is 3.74. The van der Waals surface area contributed by atoms with Crippen LogP contribution < -0.4 is 0 Å². The molecular weight excluding hydrogens is 222 g/mol. The third-order valence-corrected chi connectivity index (χ3v) is 3.74. The van der Waals surface area contributed by atoms with Crippen molar-refractivity contribution in [2.24, 2.45) is 0 Å². The van der Waals surface area contributed by atoms with Crippen LogP contribution in [0, 0.1) is 11.3 Å². The second-order valence-electron chi connectivity index (χ2n) is 5.09. The molecule has 1 aliphatic rings. The third kappa shape index (κ3) is 2.63. The number of nitrogens with zero attached hydrogens (tertiary/aromatic N) is 1. The highest BCUT2D eigenvalue weighted by molar-refractivity contribution is 5.38. The van der Waals surface area contributed by atoms with Crippen LogP contribution in [-0.4, -0.2) is 5.11 Å². The van der Waals surface area contributed by atoms with Crippen LogP contribution in [0.4, 0.5) is 0 Å². The molecule has 2 heteroatoms. The summed E-state index contributed by atoms with van der Waals surface area (Å²) in [4.78, 5) is 0. The van der Waals surface area contributed by atoms with Crippen LogP contribution in [0.1, 0.15) is 50.2 Å². The first kappa shape index (κ1) is 12.9. The Kier molecular flexibility index (Phi) is 3.84. The highest BCUT2D eigenvalue weighted by Gasteiger charge is 2.27.